The molecule has 0 atom stereocenters. The van der Waals surface area contributed by atoms with E-state index in [1.807, 2.05) is 45.9 Å². The average Bonchev–Trinajstić information content (AvgIpc) is 2.95. The smallest absolute Gasteiger partial charge is 0.244 e. The number of pyridine rings is 1. The van der Waals surface area contributed by atoms with Gasteiger partial charge >= 0.3 is 0 Å². The highest BCUT2D eigenvalue weighted by molar-refractivity contribution is 5.98. The van der Waals surface area contributed by atoms with Gasteiger partial charge in [-0.3, -0.25) is 9.78 Å². The van der Waals surface area contributed by atoms with Gasteiger partial charge in [-0.15, -0.1) is 0 Å². The van der Waals surface area contributed by atoms with Crippen LogP contribution in [0.1, 0.15) is 34.9 Å². The van der Waals surface area contributed by atoms with Gasteiger partial charge in [-0.25, -0.2) is 0 Å². The molecular formula is C22H24N2O3. The van der Waals surface area contributed by atoms with E-state index in [2.05, 4.69) is 10.3 Å². The van der Waals surface area contributed by atoms with E-state index < -0.39 is 0 Å². The van der Waals surface area contributed by atoms with Crippen molar-refractivity contribution in [1.29, 1.82) is 0 Å². The number of aryl methyl sites for hydroxylation is 3. The average molecular weight is 364 g/mol. The molecule has 0 aliphatic carbocycles. The number of hydrogen-bond acceptors (Lipinski definition) is 4. The Balaban J connectivity index is 1.91. The zero-order valence-corrected chi connectivity index (χ0v) is 16.3. The number of carbonyl (C=O) groups is 1. The van der Waals surface area contributed by atoms with Crippen LogP contribution in [0.15, 0.2) is 41.1 Å². The summed E-state index contributed by atoms with van der Waals surface area (Å²) in [5.41, 5.74) is 5.55. The van der Waals surface area contributed by atoms with Gasteiger partial charge in [-0.05, 0) is 56.5 Å². The molecule has 0 unspecified atom stereocenters. The Morgan fingerprint density at radius 2 is 2.07 bits per heavy atom. The molecular weight excluding hydrogens is 340 g/mol. The third-order valence-corrected chi connectivity index (χ3v) is 4.81. The van der Waals surface area contributed by atoms with Gasteiger partial charge in [-0.1, -0.05) is 6.07 Å². The molecule has 140 valence electrons. The summed E-state index contributed by atoms with van der Waals surface area (Å²) in [6.45, 7) is 8.32. The van der Waals surface area contributed by atoms with Gasteiger partial charge in [0, 0.05) is 41.5 Å². The SMILES string of the molecule is COc1c(/C(C)=C/C(=O)NCc2cccnc2)cc2c(C)c(C)oc2c1C. The number of allylic oxidation sites excluding steroid dienone is 1. The Hall–Kier alpha value is -3.08. The van der Waals surface area contributed by atoms with Crippen molar-refractivity contribution in [3.05, 3.63) is 64.7 Å². The number of methoxy groups -OCH3 is 1. The zero-order chi connectivity index (χ0) is 19.6. The normalized spacial score (nSPS) is 11.7. The first kappa shape index (κ1) is 18.7. The van der Waals surface area contributed by atoms with Crippen LogP contribution in [0.5, 0.6) is 5.75 Å². The molecule has 1 aromatic carbocycles. The molecule has 5 nitrogen and oxygen atoms in total. The van der Waals surface area contributed by atoms with Gasteiger partial charge in [0.1, 0.15) is 17.1 Å². The van der Waals surface area contributed by atoms with E-state index in [0.29, 0.717) is 6.54 Å². The van der Waals surface area contributed by atoms with Crippen molar-refractivity contribution in [2.45, 2.75) is 34.2 Å². The molecule has 1 amide bonds. The second-order valence-electron chi connectivity index (χ2n) is 6.65. The maximum Gasteiger partial charge on any atom is 0.244 e. The summed E-state index contributed by atoms with van der Waals surface area (Å²) in [5.74, 6) is 1.46. The highest BCUT2D eigenvalue weighted by Gasteiger charge is 2.18. The molecule has 0 saturated heterocycles. The largest absolute Gasteiger partial charge is 0.496 e. The highest BCUT2D eigenvalue weighted by atomic mass is 16.5. The predicted octanol–water partition coefficient (Wildman–Crippen LogP) is 4.48. The highest BCUT2D eigenvalue weighted by Crippen LogP contribution is 2.38. The number of fused-ring (bicyclic) bond motifs is 1. The Labute approximate surface area is 159 Å². The molecule has 0 aliphatic heterocycles. The number of amides is 1. The molecule has 0 radical (unpaired) electrons. The minimum atomic E-state index is -0.156. The third kappa shape index (κ3) is 3.72. The van der Waals surface area contributed by atoms with Crippen LogP contribution in [-0.2, 0) is 11.3 Å². The molecule has 2 aromatic heterocycles. The number of hydrogen-bond donors (Lipinski definition) is 1. The van der Waals surface area contributed by atoms with E-state index in [1.165, 1.54) is 0 Å². The van der Waals surface area contributed by atoms with E-state index in [9.17, 15) is 4.79 Å². The molecule has 0 bridgehead atoms. The standard InChI is InChI=1S/C22H24N2O3/c1-13(9-20(25)24-12-17-7-6-8-23-11-17)18-10-19-14(2)16(4)27-22(19)15(3)21(18)26-5/h6-11H,12H2,1-5H3,(H,24,25)/b13-9+. The summed E-state index contributed by atoms with van der Waals surface area (Å²) >= 11 is 0. The summed E-state index contributed by atoms with van der Waals surface area (Å²) in [6.07, 6.45) is 5.04. The predicted molar refractivity (Wildman–Crippen MR) is 107 cm³/mol. The van der Waals surface area contributed by atoms with Crippen molar-refractivity contribution in [2.75, 3.05) is 7.11 Å². The summed E-state index contributed by atoms with van der Waals surface area (Å²) in [7, 11) is 1.63. The van der Waals surface area contributed by atoms with E-state index in [-0.39, 0.29) is 5.91 Å². The second kappa shape index (κ2) is 7.66. The van der Waals surface area contributed by atoms with Crippen LogP contribution >= 0.6 is 0 Å². The molecule has 0 spiro atoms. The lowest BCUT2D eigenvalue weighted by Crippen LogP contribution is -2.20. The zero-order valence-electron chi connectivity index (χ0n) is 16.3. The van der Waals surface area contributed by atoms with Crippen LogP contribution in [0, 0.1) is 20.8 Å². The second-order valence-corrected chi connectivity index (χ2v) is 6.65. The number of benzene rings is 1. The molecule has 0 fully saturated rings. The topological polar surface area (TPSA) is 64.4 Å². The van der Waals surface area contributed by atoms with Gasteiger partial charge in [0.15, 0.2) is 0 Å². The van der Waals surface area contributed by atoms with Crippen LogP contribution in [0.3, 0.4) is 0 Å². The third-order valence-electron chi connectivity index (χ3n) is 4.81. The van der Waals surface area contributed by atoms with Crippen LogP contribution in [0.25, 0.3) is 16.5 Å². The lowest BCUT2D eigenvalue weighted by Gasteiger charge is -2.13. The first-order chi connectivity index (χ1) is 12.9. The first-order valence-corrected chi connectivity index (χ1v) is 8.85. The fraction of sp³-hybridized carbons (Fsp3) is 0.273. The molecule has 1 N–H and O–H groups in total. The molecule has 27 heavy (non-hydrogen) atoms. The van der Waals surface area contributed by atoms with Gasteiger partial charge in [0.25, 0.3) is 0 Å². The number of rotatable bonds is 5. The minimum Gasteiger partial charge on any atom is -0.496 e. The number of ether oxygens (including phenoxy) is 1. The number of nitrogens with one attached hydrogen (secondary N) is 1. The molecule has 3 rings (SSSR count). The van der Waals surface area contributed by atoms with Gasteiger partial charge in [0.2, 0.25) is 5.91 Å². The van der Waals surface area contributed by atoms with E-state index in [0.717, 1.165) is 50.3 Å². The number of furan rings is 1. The number of aromatic nitrogens is 1. The Kier molecular flexibility index (Phi) is 5.31. The van der Waals surface area contributed by atoms with Crippen LogP contribution < -0.4 is 10.1 Å². The fourth-order valence-electron chi connectivity index (χ4n) is 3.19. The van der Waals surface area contributed by atoms with Gasteiger partial charge < -0.3 is 14.5 Å². The van der Waals surface area contributed by atoms with Crippen molar-refractivity contribution >= 4 is 22.4 Å². The van der Waals surface area contributed by atoms with E-state index >= 15 is 0 Å². The first-order valence-electron chi connectivity index (χ1n) is 8.85. The summed E-state index contributed by atoms with van der Waals surface area (Å²) in [4.78, 5) is 16.4. The molecule has 5 heteroatoms. The quantitative estimate of drug-likeness (QED) is 0.678. The van der Waals surface area contributed by atoms with E-state index in [1.54, 1.807) is 25.6 Å². The van der Waals surface area contributed by atoms with Crippen LogP contribution in [0.2, 0.25) is 0 Å². The van der Waals surface area contributed by atoms with Crippen LogP contribution in [0.4, 0.5) is 0 Å². The lowest BCUT2D eigenvalue weighted by atomic mass is 9.98. The fourth-order valence-corrected chi connectivity index (χ4v) is 3.19. The maximum absolute atomic E-state index is 12.4. The molecule has 0 saturated carbocycles. The lowest BCUT2D eigenvalue weighted by molar-refractivity contribution is -0.116. The Morgan fingerprint density at radius 1 is 1.30 bits per heavy atom. The van der Waals surface area contributed by atoms with Crippen molar-refractivity contribution in [1.82, 2.24) is 10.3 Å². The number of carbonyl (C=O) groups excluding carboxylic acids is 1. The van der Waals surface area contributed by atoms with Gasteiger partial charge in [0.05, 0.1) is 7.11 Å². The van der Waals surface area contributed by atoms with Gasteiger partial charge in [-0.2, -0.15) is 0 Å². The van der Waals surface area contributed by atoms with Crippen molar-refractivity contribution < 1.29 is 13.9 Å². The molecule has 2 heterocycles. The molecule has 3 aromatic rings. The summed E-state index contributed by atoms with van der Waals surface area (Å²) in [6, 6.07) is 5.81. The monoisotopic (exact) mass is 364 g/mol. The summed E-state index contributed by atoms with van der Waals surface area (Å²) < 4.78 is 11.5. The van der Waals surface area contributed by atoms with Crippen LogP contribution in [-0.4, -0.2) is 18.0 Å². The van der Waals surface area contributed by atoms with Crippen molar-refractivity contribution in [2.24, 2.45) is 0 Å². The Morgan fingerprint density at radius 3 is 2.74 bits per heavy atom. The van der Waals surface area contributed by atoms with Crippen molar-refractivity contribution in [3.63, 3.8) is 0 Å². The minimum absolute atomic E-state index is 0.156. The molecule has 0 aliphatic rings. The Bertz CT molecular complexity index is 1020. The maximum atomic E-state index is 12.4. The summed E-state index contributed by atoms with van der Waals surface area (Å²) in [5, 5.41) is 3.94. The van der Waals surface area contributed by atoms with Crippen molar-refractivity contribution in [3.8, 4) is 5.75 Å². The number of nitrogens with zero attached hydrogens (tertiary/aromatic N) is 1. The van der Waals surface area contributed by atoms with E-state index in [4.69, 9.17) is 9.15 Å².